The van der Waals surface area contributed by atoms with E-state index in [1.165, 1.54) is 0 Å². The van der Waals surface area contributed by atoms with Gasteiger partial charge in [0.1, 0.15) is 5.82 Å². The van der Waals surface area contributed by atoms with Crippen LogP contribution < -0.4 is 10.9 Å². The number of aromatic amines is 1. The molecule has 7 heteroatoms. The molecule has 2 N–H and O–H groups in total. The lowest BCUT2D eigenvalue weighted by Gasteiger charge is -2.07. The summed E-state index contributed by atoms with van der Waals surface area (Å²) in [4.78, 5) is 31.1. The average Bonchev–Trinajstić information content (AvgIpc) is 2.56. The Bertz CT molecular complexity index is 969. The Hall–Kier alpha value is -2.37. The second kappa shape index (κ2) is 7.03. The van der Waals surface area contributed by atoms with Crippen molar-refractivity contribution in [3.05, 3.63) is 68.7 Å². The summed E-state index contributed by atoms with van der Waals surface area (Å²) in [5.41, 5.74) is 0.889. The minimum atomic E-state index is -0.227. The number of amides is 1. The molecule has 5 nitrogen and oxygen atoms in total. The van der Waals surface area contributed by atoms with Crippen LogP contribution in [0.3, 0.4) is 0 Å². The number of fused-ring (bicyclic) bond motifs is 1. The highest BCUT2D eigenvalue weighted by atomic mass is 35.5. The zero-order valence-corrected chi connectivity index (χ0v) is 14.0. The Morgan fingerprint density at radius 2 is 1.96 bits per heavy atom. The molecule has 0 aliphatic carbocycles. The molecule has 1 heterocycles. The van der Waals surface area contributed by atoms with Crippen LogP contribution in [0.1, 0.15) is 12.2 Å². The molecular weight excluding hydrogens is 349 g/mol. The van der Waals surface area contributed by atoms with Gasteiger partial charge in [-0.3, -0.25) is 9.59 Å². The van der Waals surface area contributed by atoms with Crippen LogP contribution in [-0.4, -0.2) is 15.9 Å². The standard InChI is InChI=1S/C17H13Cl2N3O2/c18-10-5-6-14(12(19)9-10)21-16(23)8-7-15-20-13-4-2-1-3-11(13)17(24)22-15/h1-6,9H,7-8H2,(H,21,23)(H,20,22,24). The number of rotatable bonds is 4. The van der Waals surface area contributed by atoms with Crippen molar-refractivity contribution >= 4 is 45.7 Å². The number of aromatic nitrogens is 2. The number of aryl methyl sites for hydroxylation is 1. The Labute approximate surface area is 147 Å². The Kier molecular flexibility index (Phi) is 4.83. The topological polar surface area (TPSA) is 74.8 Å². The van der Waals surface area contributed by atoms with Gasteiger partial charge in [-0.05, 0) is 30.3 Å². The highest BCUT2D eigenvalue weighted by Gasteiger charge is 2.09. The summed E-state index contributed by atoms with van der Waals surface area (Å²) in [6.45, 7) is 0. The van der Waals surface area contributed by atoms with E-state index < -0.39 is 0 Å². The van der Waals surface area contributed by atoms with E-state index in [1.807, 2.05) is 6.07 Å². The minimum Gasteiger partial charge on any atom is -0.325 e. The molecule has 0 saturated heterocycles. The van der Waals surface area contributed by atoms with Crippen LogP contribution in [0, 0.1) is 0 Å². The van der Waals surface area contributed by atoms with Crippen molar-refractivity contribution in [2.75, 3.05) is 5.32 Å². The fraction of sp³-hybridized carbons (Fsp3) is 0.118. The van der Waals surface area contributed by atoms with Crippen molar-refractivity contribution in [1.29, 1.82) is 0 Å². The largest absolute Gasteiger partial charge is 0.325 e. The van der Waals surface area contributed by atoms with E-state index >= 15 is 0 Å². The number of H-pyrrole nitrogens is 1. The number of anilines is 1. The van der Waals surface area contributed by atoms with E-state index in [-0.39, 0.29) is 17.9 Å². The predicted octanol–water partition coefficient (Wildman–Crippen LogP) is 3.80. The predicted molar refractivity (Wildman–Crippen MR) is 95.8 cm³/mol. The summed E-state index contributed by atoms with van der Waals surface area (Å²) >= 11 is 11.8. The van der Waals surface area contributed by atoms with Crippen LogP contribution >= 0.6 is 23.2 Å². The van der Waals surface area contributed by atoms with E-state index in [0.717, 1.165) is 0 Å². The molecule has 122 valence electrons. The number of nitrogens with zero attached hydrogens (tertiary/aromatic N) is 1. The number of para-hydroxylation sites is 1. The molecule has 3 rings (SSSR count). The molecule has 0 aliphatic heterocycles. The monoisotopic (exact) mass is 361 g/mol. The molecule has 1 amide bonds. The summed E-state index contributed by atoms with van der Waals surface area (Å²) < 4.78 is 0. The molecule has 3 aromatic rings. The van der Waals surface area contributed by atoms with Crippen LogP contribution in [0.25, 0.3) is 10.9 Å². The van der Waals surface area contributed by atoms with E-state index in [0.29, 0.717) is 38.9 Å². The van der Waals surface area contributed by atoms with Gasteiger partial charge in [-0.25, -0.2) is 4.98 Å². The summed E-state index contributed by atoms with van der Waals surface area (Å²) in [6.07, 6.45) is 0.483. The highest BCUT2D eigenvalue weighted by Crippen LogP contribution is 2.25. The molecule has 0 atom stereocenters. The normalized spacial score (nSPS) is 10.8. The highest BCUT2D eigenvalue weighted by molar-refractivity contribution is 6.36. The summed E-state index contributed by atoms with van der Waals surface area (Å²) in [6, 6.07) is 11.9. The Balaban J connectivity index is 1.69. The third-order valence-electron chi connectivity index (χ3n) is 3.46. The van der Waals surface area contributed by atoms with Gasteiger partial charge >= 0.3 is 0 Å². The summed E-state index contributed by atoms with van der Waals surface area (Å²) in [5.74, 6) is 0.242. The third kappa shape index (κ3) is 3.75. The number of benzene rings is 2. The van der Waals surface area contributed by atoms with E-state index in [9.17, 15) is 9.59 Å². The van der Waals surface area contributed by atoms with Gasteiger partial charge in [-0.1, -0.05) is 35.3 Å². The van der Waals surface area contributed by atoms with E-state index in [2.05, 4.69) is 15.3 Å². The third-order valence-corrected chi connectivity index (χ3v) is 4.00. The maximum atomic E-state index is 12.0. The van der Waals surface area contributed by atoms with Gasteiger partial charge in [0, 0.05) is 17.9 Å². The lowest BCUT2D eigenvalue weighted by molar-refractivity contribution is -0.116. The van der Waals surface area contributed by atoms with Crippen molar-refractivity contribution in [3.63, 3.8) is 0 Å². The zero-order chi connectivity index (χ0) is 17.1. The SMILES string of the molecule is O=C(CCc1nc2ccccc2c(=O)[nH]1)Nc1ccc(Cl)cc1Cl. The lowest BCUT2D eigenvalue weighted by Crippen LogP contribution is -2.16. The number of carbonyl (C=O) groups excluding carboxylic acids is 1. The number of nitrogens with one attached hydrogen (secondary N) is 2. The van der Waals surface area contributed by atoms with Crippen LogP contribution in [-0.2, 0) is 11.2 Å². The fourth-order valence-corrected chi connectivity index (χ4v) is 2.74. The number of hydrogen-bond acceptors (Lipinski definition) is 3. The Morgan fingerprint density at radius 1 is 1.17 bits per heavy atom. The smallest absolute Gasteiger partial charge is 0.258 e. The van der Waals surface area contributed by atoms with Crippen LogP contribution in [0.15, 0.2) is 47.3 Å². The molecule has 0 unspecified atom stereocenters. The maximum absolute atomic E-state index is 12.0. The first-order chi connectivity index (χ1) is 11.5. The first-order valence-electron chi connectivity index (χ1n) is 7.26. The lowest BCUT2D eigenvalue weighted by atomic mass is 10.2. The van der Waals surface area contributed by atoms with Gasteiger partial charge in [0.15, 0.2) is 0 Å². The minimum absolute atomic E-state index is 0.167. The molecule has 24 heavy (non-hydrogen) atoms. The van der Waals surface area contributed by atoms with Crippen molar-refractivity contribution in [2.45, 2.75) is 12.8 Å². The number of carbonyl (C=O) groups is 1. The van der Waals surface area contributed by atoms with Gasteiger partial charge in [0.2, 0.25) is 5.91 Å². The Morgan fingerprint density at radius 3 is 2.75 bits per heavy atom. The number of halogens is 2. The molecule has 0 bridgehead atoms. The maximum Gasteiger partial charge on any atom is 0.258 e. The molecule has 0 spiro atoms. The molecule has 0 fully saturated rings. The second-order valence-electron chi connectivity index (χ2n) is 5.20. The molecular formula is C17H13Cl2N3O2. The van der Waals surface area contributed by atoms with Gasteiger partial charge in [-0.15, -0.1) is 0 Å². The van der Waals surface area contributed by atoms with Gasteiger partial charge in [0.05, 0.1) is 21.6 Å². The van der Waals surface area contributed by atoms with Crippen molar-refractivity contribution in [3.8, 4) is 0 Å². The second-order valence-corrected chi connectivity index (χ2v) is 6.05. The summed E-state index contributed by atoms with van der Waals surface area (Å²) in [7, 11) is 0. The fourth-order valence-electron chi connectivity index (χ4n) is 2.29. The first kappa shape index (κ1) is 16.5. The molecule has 1 aromatic heterocycles. The first-order valence-corrected chi connectivity index (χ1v) is 8.01. The summed E-state index contributed by atoms with van der Waals surface area (Å²) in [5, 5.41) is 4.10. The average molecular weight is 362 g/mol. The zero-order valence-electron chi connectivity index (χ0n) is 12.5. The quantitative estimate of drug-likeness (QED) is 0.741. The molecule has 2 aromatic carbocycles. The molecule has 0 radical (unpaired) electrons. The van der Waals surface area contributed by atoms with Crippen molar-refractivity contribution < 1.29 is 4.79 Å². The van der Waals surface area contributed by atoms with Gasteiger partial charge in [-0.2, -0.15) is 0 Å². The van der Waals surface area contributed by atoms with Crippen LogP contribution in [0.2, 0.25) is 10.0 Å². The van der Waals surface area contributed by atoms with E-state index in [1.54, 1.807) is 36.4 Å². The van der Waals surface area contributed by atoms with Gasteiger partial charge in [0.25, 0.3) is 5.56 Å². The van der Waals surface area contributed by atoms with Crippen molar-refractivity contribution in [1.82, 2.24) is 9.97 Å². The van der Waals surface area contributed by atoms with Crippen LogP contribution in [0.4, 0.5) is 5.69 Å². The number of hydrogen-bond donors (Lipinski definition) is 2. The molecule has 0 aliphatic rings. The van der Waals surface area contributed by atoms with Gasteiger partial charge < -0.3 is 10.3 Å². The van der Waals surface area contributed by atoms with Crippen molar-refractivity contribution in [2.24, 2.45) is 0 Å². The molecule has 0 saturated carbocycles. The van der Waals surface area contributed by atoms with Crippen LogP contribution in [0.5, 0.6) is 0 Å². The van der Waals surface area contributed by atoms with E-state index in [4.69, 9.17) is 23.2 Å².